The molecule has 0 bridgehead atoms. The van der Waals surface area contributed by atoms with Crippen molar-refractivity contribution in [1.29, 1.82) is 0 Å². The first-order chi connectivity index (χ1) is 18.0. The number of aliphatic imine (C=N–C) groups is 1. The van der Waals surface area contributed by atoms with E-state index in [4.69, 9.17) is 32.9 Å². The zero-order chi connectivity index (χ0) is 29.0. The van der Waals surface area contributed by atoms with Crippen LogP contribution in [0.15, 0.2) is 33.8 Å². The van der Waals surface area contributed by atoms with Gasteiger partial charge in [0.1, 0.15) is 44.7 Å². The maximum absolute atomic E-state index is 15.4. The molecule has 14 heteroatoms. The zero-order valence-electron chi connectivity index (χ0n) is 22.3. The monoisotopic (exact) mass is 598 g/mol. The number of halogens is 3. The van der Waals surface area contributed by atoms with Gasteiger partial charge in [0.25, 0.3) is 5.91 Å². The summed E-state index contributed by atoms with van der Waals surface area (Å²) in [6, 6.07) is 3.77. The third-order valence-corrected chi connectivity index (χ3v) is 10.7. The number of carbonyl (C=O) groups excluding carboxylic acids is 2. The number of pyridine rings is 2. The molecule has 4 rings (SSSR count). The van der Waals surface area contributed by atoms with Crippen LogP contribution in [0, 0.1) is 5.82 Å². The molecule has 210 valence electrons. The van der Waals surface area contributed by atoms with Crippen LogP contribution in [0.5, 0.6) is 0 Å². The average Bonchev–Trinajstić information content (AvgIpc) is 3.22. The van der Waals surface area contributed by atoms with Gasteiger partial charge < -0.3 is 10.1 Å². The molecule has 1 unspecified atom stereocenters. The van der Waals surface area contributed by atoms with Crippen molar-refractivity contribution in [2.45, 2.75) is 69.1 Å². The van der Waals surface area contributed by atoms with E-state index >= 15 is 4.39 Å². The molecule has 2 aromatic rings. The molecular weight excluding hydrogens is 570 g/mol. The predicted molar refractivity (Wildman–Crippen MR) is 148 cm³/mol. The first-order valence-corrected chi connectivity index (χ1v) is 14.4. The minimum Gasteiger partial charge on any atom is -0.444 e. The first-order valence-electron chi connectivity index (χ1n) is 12.1. The number of ether oxygens (including phenoxy) is 1. The van der Waals surface area contributed by atoms with Gasteiger partial charge in [-0.25, -0.2) is 27.7 Å². The number of hydrogen-bond donors (Lipinski definition) is 2. The smallest absolute Gasteiger partial charge is 0.413 e. The van der Waals surface area contributed by atoms with Crippen molar-refractivity contribution in [2.75, 3.05) is 11.9 Å². The molecule has 2 aliphatic heterocycles. The maximum Gasteiger partial charge on any atom is 0.413 e. The van der Waals surface area contributed by atoms with Crippen molar-refractivity contribution in [3.8, 4) is 0 Å². The number of nitrogens with one attached hydrogen (secondary N) is 2. The summed E-state index contributed by atoms with van der Waals surface area (Å²) in [4.78, 5) is 38.6. The molecule has 2 aliphatic rings. The Hall–Kier alpha value is -2.83. The van der Waals surface area contributed by atoms with Gasteiger partial charge in [0, 0.05) is 12.7 Å². The summed E-state index contributed by atoms with van der Waals surface area (Å²) >= 11 is 12.0. The second-order valence-electron chi connectivity index (χ2n) is 10.9. The molecule has 0 aromatic carbocycles. The molecule has 0 fully saturated rings. The number of amides is 2. The number of carbonyl (C=O) groups is 2. The number of anilines is 1. The van der Waals surface area contributed by atoms with Crippen LogP contribution in [-0.4, -0.2) is 54.2 Å². The van der Waals surface area contributed by atoms with E-state index in [0.717, 1.165) is 6.07 Å². The average molecular weight is 600 g/mol. The zero-order valence-corrected chi connectivity index (χ0v) is 24.6. The van der Waals surface area contributed by atoms with Gasteiger partial charge in [-0.2, -0.15) is 0 Å². The number of aromatic nitrogens is 2. The van der Waals surface area contributed by atoms with Gasteiger partial charge in [0.05, 0.1) is 25.0 Å². The van der Waals surface area contributed by atoms with Gasteiger partial charge in [0.2, 0.25) is 0 Å². The highest BCUT2D eigenvalue weighted by molar-refractivity contribution is 7.96. The largest absolute Gasteiger partial charge is 0.444 e. The van der Waals surface area contributed by atoms with E-state index in [1.54, 1.807) is 41.5 Å². The van der Waals surface area contributed by atoms with Crippen LogP contribution in [0.4, 0.5) is 15.0 Å². The summed E-state index contributed by atoms with van der Waals surface area (Å²) < 4.78 is 38.5. The van der Waals surface area contributed by atoms with E-state index in [9.17, 15) is 13.8 Å². The molecule has 2 amide bonds. The van der Waals surface area contributed by atoms with Crippen molar-refractivity contribution >= 4 is 56.6 Å². The molecule has 0 radical (unpaired) electrons. The standard InChI is InChI=1S/C25H29Cl2FN6O4S/c1-23(2,3)38-22(36)33-21-24(4,5)39(37)16(9-10-30-39)25(6,34-21)19-15(28)7-8-17(31-19)32-20(35)18-14(27)11-13(26)12-29-18/h7-8,11-12,16H,9-10H2,1-6H3,(H,31,32,35)(H,33,34,36)/t16-,25-,39?/m0/s1. The lowest BCUT2D eigenvalue weighted by Gasteiger charge is -2.44. The summed E-state index contributed by atoms with van der Waals surface area (Å²) in [7, 11) is -3.08. The highest BCUT2D eigenvalue weighted by atomic mass is 35.5. The summed E-state index contributed by atoms with van der Waals surface area (Å²) in [6.45, 7) is 10.3. The van der Waals surface area contributed by atoms with Crippen molar-refractivity contribution in [1.82, 2.24) is 15.3 Å². The minimum absolute atomic E-state index is 0.00596. The van der Waals surface area contributed by atoms with Crippen molar-refractivity contribution in [3.63, 3.8) is 0 Å². The van der Waals surface area contributed by atoms with Crippen LogP contribution in [-0.2, 0) is 20.0 Å². The molecule has 39 heavy (non-hydrogen) atoms. The molecule has 2 aromatic heterocycles. The van der Waals surface area contributed by atoms with Gasteiger partial charge in [-0.3, -0.25) is 15.1 Å². The van der Waals surface area contributed by atoms with E-state index in [-0.39, 0.29) is 39.6 Å². The quantitative estimate of drug-likeness (QED) is 0.489. The third kappa shape index (κ3) is 5.33. The molecule has 3 atom stereocenters. The Bertz CT molecular complexity index is 1520. The molecule has 10 nitrogen and oxygen atoms in total. The van der Waals surface area contributed by atoms with Gasteiger partial charge in [0.15, 0.2) is 0 Å². The number of amidine groups is 1. The van der Waals surface area contributed by atoms with Crippen LogP contribution in [0.1, 0.15) is 64.1 Å². The van der Waals surface area contributed by atoms with Crippen LogP contribution < -0.4 is 10.6 Å². The van der Waals surface area contributed by atoms with Crippen LogP contribution >= 0.6 is 23.2 Å². The normalized spacial score (nSPS) is 25.7. The number of rotatable bonds is 3. The Balaban J connectivity index is 1.78. The first kappa shape index (κ1) is 29.2. The number of fused-ring (bicyclic) bond motifs is 1. The van der Waals surface area contributed by atoms with Crippen LogP contribution in [0.25, 0.3) is 0 Å². The van der Waals surface area contributed by atoms with Gasteiger partial charge in [-0.15, -0.1) is 0 Å². The Morgan fingerprint density at radius 3 is 2.51 bits per heavy atom. The highest BCUT2D eigenvalue weighted by Gasteiger charge is 2.58. The van der Waals surface area contributed by atoms with Crippen molar-refractivity contribution in [3.05, 3.63) is 51.6 Å². The Kier molecular flexibility index (Phi) is 7.46. The molecule has 0 saturated heterocycles. The number of alkyl carbamates (subject to hydrolysis) is 1. The van der Waals surface area contributed by atoms with Crippen LogP contribution in [0.2, 0.25) is 10.0 Å². The lowest BCUT2D eigenvalue weighted by molar-refractivity contribution is 0.0560. The van der Waals surface area contributed by atoms with Gasteiger partial charge in [-0.1, -0.05) is 23.2 Å². The Labute approximate surface area is 236 Å². The van der Waals surface area contributed by atoms with E-state index in [2.05, 4.69) is 25.0 Å². The molecule has 0 aliphatic carbocycles. The van der Waals surface area contributed by atoms with E-state index in [1.807, 2.05) is 0 Å². The van der Waals surface area contributed by atoms with E-state index in [1.165, 1.54) is 18.3 Å². The topological polar surface area (TPSA) is 135 Å². The highest BCUT2D eigenvalue weighted by Crippen LogP contribution is 2.47. The Morgan fingerprint density at radius 1 is 1.18 bits per heavy atom. The minimum atomic E-state index is -3.08. The van der Waals surface area contributed by atoms with E-state index < -0.39 is 48.7 Å². The van der Waals surface area contributed by atoms with E-state index in [0.29, 0.717) is 6.42 Å². The lowest BCUT2D eigenvalue weighted by Crippen LogP contribution is -2.61. The summed E-state index contributed by atoms with van der Waals surface area (Å²) in [6.07, 6.45) is 0.840. The fourth-order valence-corrected chi connectivity index (χ4v) is 8.29. The number of hydrogen-bond acceptors (Lipinski definition) is 8. The molecular formula is C25H29Cl2FN6O4S. The number of nitrogens with zero attached hydrogens (tertiary/aromatic N) is 4. The maximum atomic E-state index is 15.4. The van der Waals surface area contributed by atoms with Gasteiger partial charge >= 0.3 is 6.09 Å². The van der Waals surface area contributed by atoms with Crippen molar-refractivity contribution < 1.29 is 22.9 Å². The van der Waals surface area contributed by atoms with Gasteiger partial charge in [-0.05, 0) is 66.2 Å². The molecule has 0 spiro atoms. The van der Waals surface area contributed by atoms with Crippen LogP contribution in [0.3, 0.4) is 0 Å². The fourth-order valence-electron chi connectivity index (χ4n) is 4.65. The lowest BCUT2D eigenvalue weighted by atomic mass is 9.89. The Morgan fingerprint density at radius 2 is 1.87 bits per heavy atom. The summed E-state index contributed by atoms with van der Waals surface area (Å²) in [5.74, 6) is -1.38. The SMILES string of the molecule is CC(C)(C)OC(=O)NC1=N[C@](C)(c2nc(NC(=O)c3ncc(Cl)cc3Cl)ccc2F)[C@@H]2CCN=S2(=O)C1(C)C. The molecule has 2 N–H and O–H groups in total. The third-order valence-electron chi connectivity index (χ3n) is 6.54. The molecule has 4 heterocycles. The second kappa shape index (κ2) is 9.97. The molecule has 0 saturated carbocycles. The predicted octanol–water partition coefficient (Wildman–Crippen LogP) is 5.35. The fraction of sp³-hybridized carbons (Fsp3) is 0.480. The summed E-state index contributed by atoms with van der Waals surface area (Å²) in [5, 5.41) is 4.74. The van der Waals surface area contributed by atoms with Crippen molar-refractivity contribution in [2.24, 2.45) is 9.36 Å². The summed E-state index contributed by atoms with van der Waals surface area (Å²) in [5.41, 5.74) is -2.56. The second-order valence-corrected chi connectivity index (χ2v) is 14.7.